The van der Waals surface area contributed by atoms with Gasteiger partial charge in [0.15, 0.2) is 0 Å². The zero-order valence-corrected chi connectivity index (χ0v) is 17.4. The summed E-state index contributed by atoms with van der Waals surface area (Å²) in [5.41, 5.74) is 4.67. The zero-order chi connectivity index (χ0) is 20.3. The number of aryl methyl sites for hydroxylation is 3. The summed E-state index contributed by atoms with van der Waals surface area (Å²) in [5.74, 6) is 0.631. The number of carbonyl (C=O) groups is 1. The third-order valence-corrected chi connectivity index (χ3v) is 4.97. The van der Waals surface area contributed by atoms with E-state index in [0.29, 0.717) is 17.2 Å². The molecule has 3 aromatic rings. The number of benzene rings is 2. The van der Waals surface area contributed by atoms with Crippen LogP contribution in [0.15, 0.2) is 63.0 Å². The average Bonchev–Trinajstić information content (AvgIpc) is 3.11. The van der Waals surface area contributed by atoms with Crippen molar-refractivity contribution >= 4 is 33.6 Å². The number of halogens is 1. The lowest BCUT2D eigenvalue weighted by atomic mass is 10.1. The maximum Gasteiger partial charge on any atom is 0.266 e. The Morgan fingerprint density at radius 1 is 1.07 bits per heavy atom. The van der Waals surface area contributed by atoms with Crippen molar-refractivity contribution in [3.63, 3.8) is 0 Å². The minimum Gasteiger partial charge on any atom is -0.457 e. The van der Waals surface area contributed by atoms with E-state index in [4.69, 9.17) is 4.42 Å². The summed E-state index contributed by atoms with van der Waals surface area (Å²) in [4.78, 5) is 12.5. The van der Waals surface area contributed by atoms with E-state index in [1.807, 2.05) is 69.3 Å². The maximum atomic E-state index is 12.5. The molecule has 140 valence electrons. The maximum absolute atomic E-state index is 12.5. The molecular weight excluding hydrogens is 416 g/mol. The van der Waals surface area contributed by atoms with E-state index in [9.17, 15) is 10.1 Å². The summed E-state index contributed by atoms with van der Waals surface area (Å²) in [6.45, 7) is 5.87. The van der Waals surface area contributed by atoms with Gasteiger partial charge in [0, 0.05) is 21.8 Å². The minimum absolute atomic E-state index is 0.0234. The molecule has 0 unspecified atom stereocenters. The van der Waals surface area contributed by atoms with Crippen molar-refractivity contribution in [3.8, 4) is 17.4 Å². The molecule has 0 radical (unpaired) electrons. The third kappa shape index (κ3) is 4.41. The quantitative estimate of drug-likeness (QED) is 0.393. The smallest absolute Gasteiger partial charge is 0.266 e. The third-order valence-electron chi connectivity index (χ3n) is 4.31. The first-order valence-corrected chi connectivity index (χ1v) is 9.53. The van der Waals surface area contributed by atoms with Gasteiger partial charge in [-0.1, -0.05) is 34.1 Å². The van der Waals surface area contributed by atoms with Gasteiger partial charge in [-0.15, -0.1) is 0 Å². The monoisotopic (exact) mass is 434 g/mol. The molecule has 1 amide bonds. The van der Waals surface area contributed by atoms with E-state index in [2.05, 4.69) is 21.2 Å². The normalized spacial score (nSPS) is 11.2. The van der Waals surface area contributed by atoms with Gasteiger partial charge in [-0.2, -0.15) is 5.26 Å². The molecule has 28 heavy (non-hydrogen) atoms. The summed E-state index contributed by atoms with van der Waals surface area (Å²) >= 11 is 3.54. The Morgan fingerprint density at radius 2 is 1.79 bits per heavy atom. The zero-order valence-electron chi connectivity index (χ0n) is 15.8. The first-order valence-electron chi connectivity index (χ1n) is 8.74. The van der Waals surface area contributed by atoms with Crippen LogP contribution in [0, 0.1) is 32.1 Å². The molecular formula is C23H19BrN2O2. The number of hydrogen-bond donors (Lipinski definition) is 1. The van der Waals surface area contributed by atoms with Gasteiger partial charge in [0.25, 0.3) is 5.91 Å². The van der Waals surface area contributed by atoms with Crippen LogP contribution in [0.25, 0.3) is 17.4 Å². The number of anilines is 1. The summed E-state index contributed by atoms with van der Waals surface area (Å²) in [6, 6.07) is 17.3. The van der Waals surface area contributed by atoms with Gasteiger partial charge < -0.3 is 9.73 Å². The molecule has 3 rings (SSSR count). The molecule has 0 aliphatic rings. The molecule has 1 N–H and O–H groups in total. The molecule has 0 bridgehead atoms. The van der Waals surface area contributed by atoms with E-state index >= 15 is 0 Å². The van der Waals surface area contributed by atoms with Crippen molar-refractivity contribution in [1.29, 1.82) is 5.26 Å². The van der Waals surface area contributed by atoms with Crippen molar-refractivity contribution in [2.75, 3.05) is 5.32 Å². The highest BCUT2D eigenvalue weighted by atomic mass is 79.9. The van der Waals surface area contributed by atoms with E-state index in [0.717, 1.165) is 26.7 Å². The van der Waals surface area contributed by atoms with E-state index in [1.165, 1.54) is 6.08 Å². The van der Waals surface area contributed by atoms with Crippen LogP contribution in [0.5, 0.6) is 0 Å². The SMILES string of the molecule is Cc1ccc(-c2ccc(/C=C(\C#N)C(=O)Nc3cc(C)ccc3C)o2)c(Br)c1. The number of hydrogen-bond acceptors (Lipinski definition) is 3. The van der Waals surface area contributed by atoms with Crippen molar-refractivity contribution in [3.05, 3.63) is 81.0 Å². The number of carbonyl (C=O) groups excluding carboxylic acids is 1. The molecule has 2 aromatic carbocycles. The predicted octanol–water partition coefficient (Wildman–Crippen LogP) is 6.18. The van der Waals surface area contributed by atoms with Crippen molar-refractivity contribution in [2.24, 2.45) is 0 Å². The number of nitrogens with zero attached hydrogens (tertiary/aromatic N) is 1. The Labute approximate surface area is 172 Å². The van der Waals surface area contributed by atoms with Gasteiger partial charge in [-0.3, -0.25) is 4.79 Å². The van der Waals surface area contributed by atoms with Crippen LogP contribution in [0.2, 0.25) is 0 Å². The van der Waals surface area contributed by atoms with E-state index < -0.39 is 5.91 Å². The second-order valence-corrected chi connectivity index (χ2v) is 7.48. The predicted molar refractivity (Wildman–Crippen MR) is 115 cm³/mol. The number of rotatable bonds is 4. The van der Waals surface area contributed by atoms with Crippen molar-refractivity contribution in [2.45, 2.75) is 20.8 Å². The van der Waals surface area contributed by atoms with Gasteiger partial charge >= 0.3 is 0 Å². The molecule has 0 saturated heterocycles. The first-order chi connectivity index (χ1) is 13.4. The Kier molecular flexibility index (Phi) is 5.81. The second kappa shape index (κ2) is 8.28. The molecule has 4 nitrogen and oxygen atoms in total. The van der Waals surface area contributed by atoms with Crippen LogP contribution < -0.4 is 5.32 Å². The van der Waals surface area contributed by atoms with Gasteiger partial charge in [-0.25, -0.2) is 0 Å². The van der Waals surface area contributed by atoms with Crippen LogP contribution in [-0.4, -0.2) is 5.91 Å². The van der Waals surface area contributed by atoms with E-state index in [1.54, 1.807) is 6.07 Å². The lowest BCUT2D eigenvalue weighted by molar-refractivity contribution is -0.112. The Hall–Kier alpha value is -3.10. The minimum atomic E-state index is -0.467. The Morgan fingerprint density at radius 3 is 2.50 bits per heavy atom. The first kappa shape index (κ1) is 19.7. The Balaban J connectivity index is 1.85. The fraction of sp³-hybridized carbons (Fsp3) is 0.130. The summed E-state index contributed by atoms with van der Waals surface area (Å²) in [6.07, 6.45) is 1.45. The summed E-state index contributed by atoms with van der Waals surface area (Å²) in [7, 11) is 0. The number of nitrogens with one attached hydrogen (secondary N) is 1. The molecule has 1 heterocycles. The largest absolute Gasteiger partial charge is 0.457 e. The van der Waals surface area contributed by atoms with Crippen LogP contribution >= 0.6 is 15.9 Å². The van der Waals surface area contributed by atoms with Gasteiger partial charge in [0.1, 0.15) is 23.2 Å². The van der Waals surface area contributed by atoms with Crippen molar-refractivity contribution in [1.82, 2.24) is 0 Å². The highest BCUT2D eigenvalue weighted by Crippen LogP contribution is 2.31. The molecule has 0 spiro atoms. The fourth-order valence-electron chi connectivity index (χ4n) is 2.75. The standard InChI is InChI=1S/C23H19BrN2O2/c1-14-5-8-19(20(24)10-14)22-9-7-18(28-22)12-17(13-25)23(27)26-21-11-15(2)4-6-16(21)3/h4-12H,1-3H3,(H,26,27)/b17-12+. The fourth-order valence-corrected chi connectivity index (χ4v) is 3.43. The van der Waals surface area contributed by atoms with Crippen LogP contribution in [0.1, 0.15) is 22.5 Å². The van der Waals surface area contributed by atoms with Gasteiger partial charge in [0.05, 0.1) is 0 Å². The molecule has 0 atom stereocenters. The van der Waals surface area contributed by atoms with E-state index in [-0.39, 0.29) is 5.57 Å². The lowest BCUT2D eigenvalue weighted by Gasteiger charge is -2.08. The highest BCUT2D eigenvalue weighted by molar-refractivity contribution is 9.10. The molecule has 0 aliphatic carbocycles. The number of furan rings is 1. The molecule has 0 saturated carbocycles. The highest BCUT2D eigenvalue weighted by Gasteiger charge is 2.13. The van der Waals surface area contributed by atoms with Crippen molar-refractivity contribution < 1.29 is 9.21 Å². The van der Waals surface area contributed by atoms with Crippen LogP contribution in [0.3, 0.4) is 0 Å². The molecule has 0 fully saturated rings. The molecule has 1 aromatic heterocycles. The second-order valence-electron chi connectivity index (χ2n) is 6.63. The Bertz CT molecular complexity index is 1120. The van der Waals surface area contributed by atoms with Gasteiger partial charge in [0.2, 0.25) is 0 Å². The van der Waals surface area contributed by atoms with Gasteiger partial charge in [-0.05, 0) is 67.8 Å². The molecule has 5 heteroatoms. The number of nitriles is 1. The topological polar surface area (TPSA) is 66.0 Å². The summed E-state index contributed by atoms with van der Waals surface area (Å²) in [5, 5.41) is 12.2. The van der Waals surface area contributed by atoms with Crippen LogP contribution in [-0.2, 0) is 4.79 Å². The van der Waals surface area contributed by atoms with Crippen LogP contribution in [0.4, 0.5) is 5.69 Å². The summed E-state index contributed by atoms with van der Waals surface area (Å²) < 4.78 is 6.75. The molecule has 0 aliphatic heterocycles. The average molecular weight is 435 g/mol. The number of amides is 1. The lowest BCUT2D eigenvalue weighted by Crippen LogP contribution is -2.14.